The van der Waals surface area contributed by atoms with Crippen LogP contribution >= 0.6 is 0 Å². The Morgan fingerprint density at radius 3 is 2.29 bits per heavy atom. The van der Waals surface area contributed by atoms with Crippen LogP contribution in [0.3, 0.4) is 0 Å². The summed E-state index contributed by atoms with van der Waals surface area (Å²) in [6, 6.07) is 7.92. The Labute approximate surface area is 101 Å². The Morgan fingerprint density at radius 2 is 1.53 bits per heavy atom. The van der Waals surface area contributed by atoms with Crippen molar-refractivity contribution in [2.45, 2.75) is 38.5 Å². The maximum absolute atomic E-state index is 12.6. The maximum Gasteiger partial charge on any atom is 0.169 e. The van der Waals surface area contributed by atoms with E-state index in [0.29, 0.717) is 18.6 Å². The molecule has 0 amide bonds. The number of hydrogen-bond donors (Lipinski definition) is 0. The lowest BCUT2D eigenvalue weighted by Gasteiger charge is -2.39. The van der Waals surface area contributed by atoms with E-state index in [1.807, 2.05) is 24.3 Å². The number of benzene rings is 1. The summed E-state index contributed by atoms with van der Waals surface area (Å²) in [5.41, 5.74) is 1.86. The van der Waals surface area contributed by atoms with Crippen LogP contribution in [-0.2, 0) is 11.2 Å². The van der Waals surface area contributed by atoms with Crippen LogP contribution in [-0.4, -0.2) is 11.6 Å². The van der Waals surface area contributed by atoms with Gasteiger partial charge < -0.3 is 0 Å². The lowest BCUT2D eigenvalue weighted by molar-refractivity contribution is -0.121. The molecule has 2 aliphatic carbocycles. The quantitative estimate of drug-likeness (QED) is 0.684. The van der Waals surface area contributed by atoms with Crippen molar-refractivity contribution in [3.05, 3.63) is 35.4 Å². The van der Waals surface area contributed by atoms with Crippen molar-refractivity contribution in [3.63, 3.8) is 0 Å². The Balaban J connectivity index is 1.96. The molecule has 1 aromatic rings. The summed E-state index contributed by atoms with van der Waals surface area (Å²) in [5, 5.41) is 0. The van der Waals surface area contributed by atoms with Gasteiger partial charge in [-0.2, -0.15) is 0 Å². The molecule has 2 nitrogen and oxygen atoms in total. The first-order valence-electron chi connectivity index (χ1n) is 6.36. The lowest BCUT2D eigenvalue weighted by atomic mass is 9.63. The van der Waals surface area contributed by atoms with Gasteiger partial charge >= 0.3 is 0 Å². The zero-order valence-electron chi connectivity index (χ0n) is 9.87. The predicted octanol–water partition coefficient (Wildman–Crippen LogP) is 2.95. The number of fused-ring (bicyclic) bond motifs is 1. The first-order chi connectivity index (χ1) is 8.21. The van der Waals surface area contributed by atoms with E-state index >= 15 is 0 Å². The van der Waals surface area contributed by atoms with Gasteiger partial charge in [0.25, 0.3) is 0 Å². The number of ketones is 2. The average molecular weight is 228 g/mol. The van der Waals surface area contributed by atoms with Gasteiger partial charge in [0.1, 0.15) is 5.78 Å². The van der Waals surface area contributed by atoms with Crippen LogP contribution in [0.4, 0.5) is 0 Å². The number of aryl methyl sites for hydroxylation is 1. The third-order valence-electron chi connectivity index (χ3n) is 4.38. The van der Waals surface area contributed by atoms with E-state index in [2.05, 4.69) is 0 Å². The number of carbonyl (C=O) groups is 2. The van der Waals surface area contributed by atoms with Gasteiger partial charge in [-0.3, -0.25) is 9.59 Å². The molecule has 1 saturated carbocycles. The minimum Gasteiger partial charge on any atom is -0.300 e. The van der Waals surface area contributed by atoms with Gasteiger partial charge in [-0.1, -0.05) is 24.3 Å². The normalized spacial score (nSPS) is 22.6. The van der Waals surface area contributed by atoms with Crippen molar-refractivity contribution in [3.8, 4) is 0 Å². The van der Waals surface area contributed by atoms with Crippen molar-refractivity contribution in [1.29, 1.82) is 0 Å². The Hall–Kier alpha value is -1.44. The van der Waals surface area contributed by atoms with Crippen LogP contribution < -0.4 is 0 Å². The highest BCUT2D eigenvalue weighted by atomic mass is 16.1. The van der Waals surface area contributed by atoms with Gasteiger partial charge in [0, 0.05) is 23.8 Å². The second-order valence-corrected chi connectivity index (χ2v) is 5.31. The van der Waals surface area contributed by atoms with E-state index in [9.17, 15) is 9.59 Å². The number of rotatable bonds is 0. The van der Waals surface area contributed by atoms with Gasteiger partial charge in [-0.05, 0) is 31.2 Å². The second-order valence-electron chi connectivity index (χ2n) is 5.31. The largest absolute Gasteiger partial charge is 0.300 e. The molecule has 88 valence electrons. The van der Waals surface area contributed by atoms with Crippen LogP contribution in [0.25, 0.3) is 0 Å². The first kappa shape index (κ1) is 10.7. The fraction of sp³-hybridized carbons (Fsp3) is 0.467. The highest BCUT2D eigenvalue weighted by molar-refractivity contribution is 6.03. The molecule has 2 aliphatic rings. The summed E-state index contributed by atoms with van der Waals surface area (Å²) in [6.45, 7) is 0. The van der Waals surface area contributed by atoms with Gasteiger partial charge in [0.2, 0.25) is 0 Å². The zero-order valence-corrected chi connectivity index (χ0v) is 9.87. The molecule has 2 heteroatoms. The smallest absolute Gasteiger partial charge is 0.169 e. The van der Waals surface area contributed by atoms with E-state index in [4.69, 9.17) is 0 Å². The summed E-state index contributed by atoms with van der Waals surface area (Å²) in [7, 11) is 0. The Kier molecular flexibility index (Phi) is 2.39. The van der Waals surface area contributed by atoms with Gasteiger partial charge in [-0.15, -0.1) is 0 Å². The molecule has 3 rings (SSSR count). The van der Waals surface area contributed by atoms with Crippen LogP contribution in [0.2, 0.25) is 0 Å². The topological polar surface area (TPSA) is 34.1 Å². The maximum atomic E-state index is 12.6. The van der Waals surface area contributed by atoms with Crippen molar-refractivity contribution in [2.24, 2.45) is 5.41 Å². The summed E-state index contributed by atoms with van der Waals surface area (Å²) in [4.78, 5) is 23.9. The molecule has 0 unspecified atom stereocenters. The molecular formula is C15H16O2. The molecule has 1 spiro atoms. The molecule has 0 heterocycles. The molecule has 0 N–H and O–H groups in total. The van der Waals surface area contributed by atoms with E-state index in [0.717, 1.165) is 31.2 Å². The molecule has 0 saturated heterocycles. The minimum atomic E-state index is -0.220. The summed E-state index contributed by atoms with van der Waals surface area (Å²) >= 11 is 0. The number of hydrogen-bond acceptors (Lipinski definition) is 2. The molecule has 17 heavy (non-hydrogen) atoms. The summed E-state index contributed by atoms with van der Waals surface area (Å²) < 4.78 is 0. The molecule has 0 radical (unpaired) electrons. The predicted molar refractivity (Wildman–Crippen MR) is 65.0 cm³/mol. The number of carbonyl (C=O) groups excluding carboxylic acids is 2. The minimum absolute atomic E-state index is 0.220. The van der Waals surface area contributed by atoms with E-state index < -0.39 is 0 Å². The second kappa shape index (κ2) is 3.80. The van der Waals surface area contributed by atoms with E-state index in [-0.39, 0.29) is 11.2 Å². The van der Waals surface area contributed by atoms with Gasteiger partial charge in [-0.25, -0.2) is 0 Å². The van der Waals surface area contributed by atoms with Crippen molar-refractivity contribution in [1.82, 2.24) is 0 Å². The summed E-state index contributed by atoms with van der Waals surface area (Å²) in [6.07, 6.45) is 4.62. The average Bonchev–Trinajstić information content (AvgIpc) is 2.38. The van der Waals surface area contributed by atoms with Crippen LogP contribution in [0.1, 0.15) is 48.0 Å². The van der Waals surface area contributed by atoms with E-state index in [1.54, 1.807) is 0 Å². The fourth-order valence-electron chi connectivity index (χ4n) is 3.22. The lowest BCUT2D eigenvalue weighted by Crippen LogP contribution is -2.39. The Morgan fingerprint density at radius 1 is 0.882 bits per heavy atom. The summed E-state index contributed by atoms with van der Waals surface area (Å²) in [5.74, 6) is 0.606. The third kappa shape index (κ3) is 1.63. The number of Topliss-reactive ketones (excluding diaryl/α,β-unsaturated/α-hetero) is 2. The van der Waals surface area contributed by atoms with Crippen molar-refractivity contribution in [2.75, 3.05) is 0 Å². The standard InChI is InChI=1S/C15H16O2/c16-12-6-9-15(10-7-12)8-5-11-3-1-2-4-13(11)14(15)17/h1-4H,5-10H2. The fourth-order valence-corrected chi connectivity index (χ4v) is 3.22. The van der Waals surface area contributed by atoms with Crippen molar-refractivity contribution < 1.29 is 9.59 Å². The van der Waals surface area contributed by atoms with Crippen LogP contribution in [0, 0.1) is 5.41 Å². The highest BCUT2D eigenvalue weighted by Gasteiger charge is 2.44. The Bertz CT molecular complexity index is 477. The highest BCUT2D eigenvalue weighted by Crippen LogP contribution is 2.45. The first-order valence-corrected chi connectivity index (χ1v) is 6.36. The van der Waals surface area contributed by atoms with Gasteiger partial charge in [0.05, 0.1) is 0 Å². The monoisotopic (exact) mass is 228 g/mol. The third-order valence-corrected chi connectivity index (χ3v) is 4.38. The van der Waals surface area contributed by atoms with E-state index in [1.165, 1.54) is 5.56 Å². The molecule has 0 bridgehead atoms. The molecule has 0 atom stereocenters. The van der Waals surface area contributed by atoms with Crippen molar-refractivity contribution >= 4 is 11.6 Å². The van der Waals surface area contributed by atoms with Gasteiger partial charge in [0.15, 0.2) is 5.78 Å². The van der Waals surface area contributed by atoms with Crippen LogP contribution in [0.15, 0.2) is 24.3 Å². The molecule has 1 fully saturated rings. The zero-order chi connectivity index (χ0) is 11.9. The van der Waals surface area contributed by atoms with Crippen LogP contribution in [0.5, 0.6) is 0 Å². The SMILES string of the molecule is O=C1CCC2(CC1)CCc1ccccc1C2=O. The molecular weight excluding hydrogens is 212 g/mol. The molecule has 0 aromatic heterocycles. The molecule has 1 aromatic carbocycles. The molecule has 0 aliphatic heterocycles.